The van der Waals surface area contributed by atoms with Gasteiger partial charge in [0.05, 0.1) is 5.00 Å². The van der Waals surface area contributed by atoms with Gasteiger partial charge < -0.3 is 5.32 Å². The second-order valence-electron chi connectivity index (χ2n) is 3.10. The number of aryl methyl sites for hydroxylation is 1. The zero-order chi connectivity index (χ0) is 10.7. The second kappa shape index (κ2) is 4.23. The second-order valence-corrected chi connectivity index (χ2v) is 4.02. The highest BCUT2D eigenvalue weighted by atomic mass is 32.1. The lowest BCUT2D eigenvalue weighted by molar-refractivity contribution is 0.102. The highest BCUT2D eigenvalue weighted by Crippen LogP contribution is 2.22. The van der Waals surface area contributed by atoms with Crippen molar-refractivity contribution in [2.75, 3.05) is 5.32 Å². The van der Waals surface area contributed by atoms with Crippen LogP contribution in [0.15, 0.2) is 35.8 Å². The Morgan fingerprint density at radius 2 is 2.27 bits per heavy atom. The standard InChI is InChI=1S/C11H10N2OS/c1-8-5-7-15-11(8)13-10(14)9-4-2-3-6-12-9/h2-7H,1H3,(H,13,14). The molecule has 0 atom stereocenters. The number of anilines is 1. The molecule has 0 bridgehead atoms. The Morgan fingerprint density at radius 1 is 1.40 bits per heavy atom. The maximum Gasteiger partial charge on any atom is 0.274 e. The van der Waals surface area contributed by atoms with Crippen molar-refractivity contribution in [1.82, 2.24) is 4.98 Å². The largest absolute Gasteiger partial charge is 0.312 e. The first-order valence-corrected chi connectivity index (χ1v) is 5.42. The van der Waals surface area contributed by atoms with E-state index >= 15 is 0 Å². The van der Waals surface area contributed by atoms with E-state index in [-0.39, 0.29) is 5.91 Å². The molecular weight excluding hydrogens is 208 g/mol. The lowest BCUT2D eigenvalue weighted by Gasteiger charge is -2.02. The molecule has 0 radical (unpaired) electrons. The summed E-state index contributed by atoms with van der Waals surface area (Å²) in [6.07, 6.45) is 1.61. The first-order valence-electron chi connectivity index (χ1n) is 4.54. The van der Waals surface area contributed by atoms with Gasteiger partial charge in [-0.2, -0.15) is 0 Å². The van der Waals surface area contributed by atoms with E-state index in [4.69, 9.17) is 0 Å². The fraction of sp³-hybridized carbons (Fsp3) is 0.0909. The maximum absolute atomic E-state index is 11.7. The minimum absolute atomic E-state index is 0.166. The van der Waals surface area contributed by atoms with Crippen molar-refractivity contribution >= 4 is 22.2 Å². The molecule has 0 saturated heterocycles. The molecule has 0 aliphatic carbocycles. The van der Waals surface area contributed by atoms with Crippen LogP contribution in [0.4, 0.5) is 5.00 Å². The van der Waals surface area contributed by atoms with Gasteiger partial charge in [0, 0.05) is 6.20 Å². The molecule has 3 nitrogen and oxygen atoms in total. The molecule has 0 unspecified atom stereocenters. The summed E-state index contributed by atoms with van der Waals surface area (Å²) in [5, 5.41) is 5.65. The number of nitrogens with zero attached hydrogens (tertiary/aromatic N) is 1. The third-order valence-electron chi connectivity index (χ3n) is 1.99. The number of pyridine rings is 1. The van der Waals surface area contributed by atoms with Crippen molar-refractivity contribution in [3.63, 3.8) is 0 Å². The van der Waals surface area contributed by atoms with Crippen LogP contribution in [0, 0.1) is 6.92 Å². The minimum atomic E-state index is -0.166. The van der Waals surface area contributed by atoms with Crippen molar-refractivity contribution < 1.29 is 4.79 Å². The number of rotatable bonds is 2. The van der Waals surface area contributed by atoms with E-state index in [0.717, 1.165) is 10.6 Å². The Hall–Kier alpha value is -1.68. The van der Waals surface area contributed by atoms with Gasteiger partial charge >= 0.3 is 0 Å². The third kappa shape index (κ3) is 2.22. The van der Waals surface area contributed by atoms with E-state index in [2.05, 4.69) is 10.3 Å². The monoisotopic (exact) mass is 218 g/mol. The number of hydrogen-bond donors (Lipinski definition) is 1. The highest BCUT2D eigenvalue weighted by molar-refractivity contribution is 7.14. The van der Waals surface area contributed by atoms with Gasteiger partial charge in [0.25, 0.3) is 5.91 Å². The molecule has 0 aromatic carbocycles. The Kier molecular flexibility index (Phi) is 2.78. The van der Waals surface area contributed by atoms with Crippen LogP contribution in [0.5, 0.6) is 0 Å². The summed E-state index contributed by atoms with van der Waals surface area (Å²) >= 11 is 1.51. The quantitative estimate of drug-likeness (QED) is 0.842. The lowest BCUT2D eigenvalue weighted by atomic mass is 10.3. The molecular formula is C11H10N2OS. The number of carbonyl (C=O) groups excluding carboxylic acids is 1. The SMILES string of the molecule is Cc1ccsc1NC(=O)c1ccccn1. The number of nitrogens with one attached hydrogen (secondary N) is 1. The van der Waals surface area contributed by atoms with Crippen molar-refractivity contribution in [2.24, 2.45) is 0 Å². The molecule has 2 rings (SSSR count). The molecule has 2 aromatic heterocycles. The summed E-state index contributed by atoms with van der Waals surface area (Å²) in [6.45, 7) is 1.96. The summed E-state index contributed by atoms with van der Waals surface area (Å²) in [4.78, 5) is 15.7. The molecule has 0 fully saturated rings. The van der Waals surface area contributed by atoms with E-state index in [1.54, 1.807) is 24.4 Å². The fourth-order valence-corrected chi connectivity index (χ4v) is 1.98. The minimum Gasteiger partial charge on any atom is -0.312 e. The predicted octanol–water partition coefficient (Wildman–Crippen LogP) is 2.70. The van der Waals surface area contributed by atoms with Gasteiger partial charge in [0.1, 0.15) is 5.69 Å². The zero-order valence-corrected chi connectivity index (χ0v) is 9.04. The van der Waals surface area contributed by atoms with Crippen molar-refractivity contribution in [3.8, 4) is 0 Å². The fourth-order valence-electron chi connectivity index (χ4n) is 1.17. The van der Waals surface area contributed by atoms with Crippen LogP contribution >= 0.6 is 11.3 Å². The van der Waals surface area contributed by atoms with Crippen molar-refractivity contribution in [1.29, 1.82) is 0 Å². The van der Waals surface area contributed by atoms with Crippen LogP contribution in [-0.2, 0) is 0 Å². The van der Waals surface area contributed by atoms with Crippen LogP contribution < -0.4 is 5.32 Å². The van der Waals surface area contributed by atoms with E-state index in [0.29, 0.717) is 5.69 Å². The highest BCUT2D eigenvalue weighted by Gasteiger charge is 2.08. The van der Waals surface area contributed by atoms with Crippen LogP contribution in [-0.4, -0.2) is 10.9 Å². The van der Waals surface area contributed by atoms with Gasteiger partial charge in [-0.25, -0.2) is 0 Å². The molecule has 0 spiro atoms. The molecule has 1 N–H and O–H groups in total. The Balaban J connectivity index is 2.15. The topological polar surface area (TPSA) is 42.0 Å². The normalized spacial score (nSPS) is 9.93. The smallest absolute Gasteiger partial charge is 0.274 e. The Bertz CT molecular complexity index is 464. The molecule has 15 heavy (non-hydrogen) atoms. The van der Waals surface area contributed by atoms with Crippen LogP contribution in [0.2, 0.25) is 0 Å². The lowest BCUT2D eigenvalue weighted by Crippen LogP contribution is -2.12. The van der Waals surface area contributed by atoms with Gasteiger partial charge in [-0.05, 0) is 36.1 Å². The van der Waals surface area contributed by atoms with E-state index in [9.17, 15) is 4.79 Å². The molecule has 1 amide bonds. The number of aromatic nitrogens is 1. The molecule has 0 aliphatic rings. The Morgan fingerprint density at radius 3 is 2.87 bits per heavy atom. The third-order valence-corrected chi connectivity index (χ3v) is 2.92. The molecule has 2 aromatic rings. The van der Waals surface area contributed by atoms with Crippen molar-refractivity contribution in [3.05, 3.63) is 47.1 Å². The maximum atomic E-state index is 11.7. The van der Waals surface area contributed by atoms with E-state index < -0.39 is 0 Å². The van der Waals surface area contributed by atoms with Crippen LogP contribution in [0.1, 0.15) is 16.1 Å². The summed E-state index contributed by atoms with van der Waals surface area (Å²) in [5.74, 6) is -0.166. The van der Waals surface area contributed by atoms with Crippen molar-refractivity contribution in [2.45, 2.75) is 6.92 Å². The average Bonchev–Trinajstić information content (AvgIpc) is 2.66. The summed E-state index contributed by atoms with van der Waals surface area (Å²) in [7, 11) is 0. The van der Waals surface area contributed by atoms with Gasteiger partial charge in [0.15, 0.2) is 0 Å². The van der Waals surface area contributed by atoms with Crippen LogP contribution in [0.3, 0.4) is 0 Å². The molecule has 2 heterocycles. The number of carbonyl (C=O) groups is 1. The average molecular weight is 218 g/mol. The number of amides is 1. The van der Waals surface area contributed by atoms with Gasteiger partial charge in [-0.3, -0.25) is 9.78 Å². The Labute approximate surface area is 91.8 Å². The number of thiophene rings is 1. The summed E-state index contributed by atoms with van der Waals surface area (Å²) in [5.41, 5.74) is 1.51. The molecule has 0 aliphatic heterocycles. The van der Waals surface area contributed by atoms with Gasteiger partial charge in [0.2, 0.25) is 0 Å². The molecule has 4 heteroatoms. The van der Waals surface area contributed by atoms with Crippen LogP contribution in [0.25, 0.3) is 0 Å². The summed E-state index contributed by atoms with van der Waals surface area (Å²) < 4.78 is 0. The predicted molar refractivity (Wildman–Crippen MR) is 61.2 cm³/mol. The van der Waals surface area contributed by atoms with Gasteiger partial charge in [-0.1, -0.05) is 6.07 Å². The molecule has 76 valence electrons. The number of hydrogen-bond acceptors (Lipinski definition) is 3. The van der Waals surface area contributed by atoms with E-state index in [1.165, 1.54) is 11.3 Å². The first-order chi connectivity index (χ1) is 7.27. The molecule has 0 saturated carbocycles. The van der Waals surface area contributed by atoms with E-state index in [1.807, 2.05) is 18.4 Å². The van der Waals surface area contributed by atoms with Gasteiger partial charge in [-0.15, -0.1) is 11.3 Å². The zero-order valence-electron chi connectivity index (χ0n) is 8.23. The first kappa shape index (κ1) is 9.86. The summed E-state index contributed by atoms with van der Waals surface area (Å²) in [6, 6.07) is 7.24.